The third-order valence-corrected chi connectivity index (χ3v) is 8.53. The highest BCUT2D eigenvalue weighted by molar-refractivity contribution is 5.87. The van der Waals surface area contributed by atoms with Crippen LogP contribution < -0.4 is 10.9 Å². The van der Waals surface area contributed by atoms with E-state index in [0.29, 0.717) is 6.04 Å². The minimum Gasteiger partial charge on any atom is -0.381 e. The molecule has 0 aliphatic carbocycles. The Morgan fingerprint density at radius 1 is 1.15 bits per heavy atom. The average molecular weight is 530 g/mol. The topological polar surface area (TPSA) is 79.7 Å². The molecule has 0 bridgehead atoms. The number of fused-ring (bicyclic) bond motifs is 1. The van der Waals surface area contributed by atoms with E-state index >= 15 is 0 Å². The van der Waals surface area contributed by atoms with Gasteiger partial charge >= 0.3 is 0 Å². The highest BCUT2D eigenvalue weighted by Gasteiger charge is 2.45. The zero-order chi connectivity index (χ0) is 27.7. The van der Waals surface area contributed by atoms with Crippen molar-refractivity contribution in [3.05, 3.63) is 82.8 Å². The molecule has 2 aliphatic heterocycles. The molecule has 5 rings (SSSR count). The van der Waals surface area contributed by atoms with Crippen LogP contribution in [0.5, 0.6) is 0 Å². The van der Waals surface area contributed by atoms with Crippen LogP contribution in [-0.2, 0) is 15.1 Å². The maximum Gasteiger partial charge on any atom is 0.251 e. The summed E-state index contributed by atoms with van der Waals surface area (Å²) in [4.78, 5) is 33.4. The van der Waals surface area contributed by atoms with Gasteiger partial charge in [0.15, 0.2) is 0 Å². The predicted molar refractivity (Wildman–Crippen MR) is 155 cm³/mol. The molecule has 8 heteroatoms. The minimum atomic E-state index is -0.123. The second-order valence-electron chi connectivity index (χ2n) is 11.1. The first-order valence-corrected chi connectivity index (χ1v) is 13.8. The molecule has 0 saturated carbocycles. The van der Waals surface area contributed by atoms with Crippen molar-refractivity contribution in [3.63, 3.8) is 0 Å². The smallest absolute Gasteiger partial charge is 0.251 e. The maximum absolute atomic E-state index is 12.5. The molecule has 0 unspecified atom stereocenters. The third kappa shape index (κ3) is 5.11. The van der Waals surface area contributed by atoms with Crippen molar-refractivity contribution >= 4 is 22.6 Å². The molecule has 1 amide bonds. The Balaban J connectivity index is 1.35. The number of carbonyl (C=O) groups is 1. The largest absolute Gasteiger partial charge is 0.381 e. The number of carbonyl (C=O) groups excluding carboxylic acids is 1. The molecule has 39 heavy (non-hydrogen) atoms. The van der Waals surface area contributed by atoms with E-state index in [1.54, 1.807) is 10.6 Å². The molecule has 2 aliphatic rings. The van der Waals surface area contributed by atoms with E-state index in [4.69, 9.17) is 4.74 Å². The van der Waals surface area contributed by atoms with Gasteiger partial charge in [-0.1, -0.05) is 30.8 Å². The second-order valence-corrected chi connectivity index (χ2v) is 11.1. The van der Waals surface area contributed by atoms with Gasteiger partial charge in [-0.25, -0.2) is 4.98 Å². The number of nitrogens with zero attached hydrogens (tertiary/aromatic N) is 4. The molecule has 206 valence electrons. The lowest BCUT2D eigenvalue weighted by atomic mass is 9.79. The average Bonchev–Trinajstić information content (AvgIpc) is 2.92. The standard InChI is InChI=1S/C31H39N5O3/c1-6-29(37)35-19-26(20-35)34(5)31(13-15-39-16-14-31)25-10-7-23(8-11-25)22(4)33-28-17-27-24(18-32-28)9-12-30(38)36(27)21(2)3/h6-12,17-18,21-22,26H,1,13-16,19-20H2,2-5H3,(H,32,33)/t22-/m0/s1. The Hall–Kier alpha value is -3.49. The first-order valence-electron chi connectivity index (χ1n) is 13.8. The van der Waals surface area contributed by atoms with Crippen molar-refractivity contribution in [2.24, 2.45) is 0 Å². The van der Waals surface area contributed by atoms with Gasteiger partial charge in [0.05, 0.1) is 11.1 Å². The van der Waals surface area contributed by atoms with Gasteiger partial charge < -0.3 is 19.5 Å². The van der Waals surface area contributed by atoms with Crippen LogP contribution in [0.4, 0.5) is 5.82 Å². The van der Waals surface area contributed by atoms with Crippen LogP contribution in [0.25, 0.3) is 10.9 Å². The van der Waals surface area contributed by atoms with Crippen molar-refractivity contribution in [2.75, 3.05) is 38.7 Å². The van der Waals surface area contributed by atoms with Crippen LogP contribution >= 0.6 is 0 Å². The Morgan fingerprint density at radius 2 is 1.85 bits per heavy atom. The number of hydrogen-bond acceptors (Lipinski definition) is 6. The van der Waals surface area contributed by atoms with Crippen LogP contribution in [-0.4, -0.2) is 64.7 Å². The third-order valence-electron chi connectivity index (χ3n) is 8.53. The van der Waals surface area contributed by atoms with Gasteiger partial charge in [-0.2, -0.15) is 0 Å². The second kappa shape index (κ2) is 10.9. The van der Waals surface area contributed by atoms with Crippen LogP contribution in [0.2, 0.25) is 0 Å². The van der Waals surface area contributed by atoms with E-state index in [0.717, 1.165) is 61.4 Å². The van der Waals surface area contributed by atoms with Crippen LogP contribution in [0.1, 0.15) is 56.8 Å². The first-order chi connectivity index (χ1) is 18.7. The molecule has 2 aromatic heterocycles. The number of likely N-dealkylation sites (N-methyl/N-ethyl adjacent to an activating group) is 1. The van der Waals surface area contributed by atoms with Crippen molar-refractivity contribution in [2.45, 2.75) is 57.3 Å². The van der Waals surface area contributed by atoms with Crippen molar-refractivity contribution < 1.29 is 9.53 Å². The van der Waals surface area contributed by atoms with Crippen molar-refractivity contribution in [1.29, 1.82) is 0 Å². The number of benzene rings is 1. The van der Waals surface area contributed by atoms with Gasteiger partial charge in [0, 0.05) is 68.1 Å². The van der Waals surface area contributed by atoms with Crippen LogP contribution in [0.15, 0.2) is 66.1 Å². The quantitative estimate of drug-likeness (QED) is 0.434. The molecule has 8 nitrogen and oxygen atoms in total. The van der Waals surface area contributed by atoms with Gasteiger partial charge in [-0.15, -0.1) is 0 Å². The van der Waals surface area contributed by atoms with Gasteiger partial charge in [0.25, 0.3) is 5.56 Å². The monoisotopic (exact) mass is 529 g/mol. The minimum absolute atomic E-state index is 0.0000808. The lowest BCUT2D eigenvalue weighted by Crippen LogP contribution is -2.65. The summed E-state index contributed by atoms with van der Waals surface area (Å²) < 4.78 is 7.56. The van der Waals surface area contributed by atoms with E-state index in [1.165, 1.54) is 11.6 Å². The predicted octanol–water partition coefficient (Wildman–Crippen LogP) is 4.48. The SMILES string of the molecule is C=CC(=O)N1CC(N(C)C2(c3ccc([C@H](C)Nc4cc5c(ccc(=O)n5C(C)C)cn4)cc3)CCOCC2)C1. The zero-order valence-corrected chi connectivity index (χ0v) is 23.4. The Morgan fingerprint density at radius 3 is 2.49 bits per heavy atom. The number of likely N-dealkylation sites (tertiary alicyclic amines) is 1. The molecule has 1 aromatic carbocycles. The van der Waals surface area contributed by atoms with E-state index < -0.39 is 0 Å². The first kappa shape index (κ1) is 27.1. The van der Waals surface area contributed by atoms with Crippen molar-refractivity contribution in [1.82, 2.24) is 19.4 Å². The van der Waals surface area contributed by atoms with E-state index in [1.807, 2.05) is 37.1 Å². The molecule has 0 spiro atoms. The number of pyridine rings is 2. The maximum atomic E-state index is 12.5. The summed E-state index contributed by atoms with van der Waals surface area (Å²) in [6.45, 7) is 12.7. The fourth-order valence-electron chi connectivity index (χ4n) is 6.06. The number of rotatable bonds is 8. The molecule has 1 atom stereocenters. The summed E-state index contributed by atoms with van der Waals surface area (Å²) in [6, 6.07) is 14.7. The molecule has 1 N–H and O–H groups in total. The van der Waals surface area contributed by atoms with Gasteiger partial charge in [0.1, 0.15) is 5.82 Å². The number of nitrogens with one attached hydrogen (secondary N) is 1. The van der Waals surface area contributed by atoms with E-state index in [2.05, 4.69) is 60.0 Å². The molecule has 4 heterocycles. The molecular formula is C31H39N5O3. The number of amides is 1. The molecule has 3 aromatic rings. The summed E-state index contributed by atoms with van der Waals surface area (Å²) in [6.07, 6.45) is 5.05. The van der Waals surface area contributed by atoms with Crippen molar-refractivity contribution in [3.8, 4) is 0 Å². The summed E-state index contributed by atoms with van der Waals surface area (Å²) >= 11 is 0. The van der Waals surface area contributed by atoms with E-state index in [-0.39, 0.29) is 29.1 Å². The summed E-state index contributed by atoms with van der Waals surface area (Å²) in [7, 11) is 2.19. The summed E-state index contributed by atoms with van der Waals surface area (Å²) in [5.74, 6) is 0.739. The molecular weight excluding hydrogens is 490 g/mol. The number of ether oxygens (including phenoxy) is 1. The lowest BCUT2D eigenvalue weighted by Gasteiger charge is -2.53. The molecule has 0 radical (unpaired) electrons. The zero-order valence-electron chi connectivity index (χ0n) is 23.4. The Kier molecular flexibility index (Phi) is 7.60. The van der Waals surface area contributed by atoms with Crippen LogP contribution in [0.3, 0.4) is 0 Å². The highest BCUT2D eigenvalue weighted by atomic mass is 16.5. The Bertz CT molecular complexity index is 1400. The number of hydrogen-bond donors (Lipinski definition) is 1. The fourth-order valence-corrected chi connectivity index (χ4v) is 6.06. The fraction of sp³-hybridized carbons (Fsp3) is 0.452. The van der Waals surface area contributed by atoms with Gasteiger partial charge in [-0.05, 0) is 63.9 Å². The molecule has 2 saturated heterocycles. The van der Waals surface area contributed by atoms with Gasteiger partial charge in [-0.3, -0.25) is 14.5 Å². The molecule has 2 fully saturated rings. The summed E-state index contributed by atoms with van der Waals surface area (Å²) in [5, 5.41) is 4.47. The Labute approximate surface area is 230 Å². The highest BCUT2D eigenvalue weighted by Crippen LogP contribution is 2.40. The normalized spacial score (nSPS) is 18.3. The van der Waals surface area contributed by atoms with E-state index in [9.17, 15) is 9.59 Å². The van der Waals surface area contributed by atoms with Gasteiger partial charge in [0.2, 0.25) is 5.91 Å². The lowest BCUT2D eigenvalue weighted by molar-refractivity contribution is -0.137. The van der Waals surface area contributed by atoms with Crippen LogP contribution in [0, 0.1) is 0 Å². The number of aromatic nitrogens is 2. The number of anilines is 1. The summed E-state index contributed by atoms with van der Waals surface area (Å²) in [5.41, 5.74) is 3.19.